The predicted octanol–water partition coefficient (Wildman–Crippen LogP) is 3.32. The fourth-order valence-corrected chi connectivity index (χ4v) is 6.52. The van der Waals surface area contributed by atoms with Gasteiger partial charge in [-0.1, -0.05) is 25.5 Å². The molecule has 5 unspecified atom stereocenters. The van der Waals surface area contributed by atoms with Gasteiger partial charge in [0.15, 0.2) is 5.96 Å². The highest BCUT2D eigenvalue weighted by atomic mass is 32.2. The molecule has 3 rings (SSSR count). The lowest BCUT2D eigenvalue weighted by Crippen LogP contribution is -2.49. The van der Waals surface area contributed by atoms with Crippen LogP contribution in [0.15, 0.2) is 29.3 Å². The molecule has 1 aromatic rings. The Labute approximate surface area is 190 Å². The molecule has 1 aromatic carbocycles. The van der Waals surface area contributed by atoms with E-state index in [1.54, 1.807) is 7.11 Å². The van der Waals surface area contributed by atoms with Crippen molar-refractivity contribution in [3.63, 3.8) is 0 Å². The van der Waals surface area contributed by atoms with Gasteiger partial charge in [-0.15, -0.1) is 0 Å². The first-order chi connectivity index (χ1) is 15.0. The largest absolute Gasteiger partial charge is 0.497 e. The Morgan fingerprint density at radius 3 is 2.68 bits per heavy atom. The summed E-state index contributed by atoms with van der Waals surface area (Å²) >= 11 is 0. The minimum atomic E-state index is -0.706. The van der Waals surface area contributed by atoms with Crippen molar-refractivity contribution < 1.29 is 8.95 Å². The monoisotopic (exact) mass is 448 g/mol. The third-order valence-corrected chi connectivity index (χ3v) is 8.58. The number of ether oxygens (including phenoxy) is 1. The average Bonchev–Trinajstić information content (AvgIpc) is 2.81. The molecule has 1 heterocycles. The fraction of sp³-hybridized carbons (Fsp3) is 0.708. The van der Waals surface area contributed by atoms with Gasteiger partial charge in [-0.05, 0) is 69.3 Å². The van der Waals surface area contributed by atoms with E-state index in [4.69, 9.17) is 4.74 Å². The molecule has 2 fully saturated rings. The Balaban J connectivity index is 1.59. The summed E-state index contributed by atoms with van der Waals surface area (Å²) in [7, 11) is 5.07. The van der Waals surface area contributed by atoms with Gasteiger partial charge in [0.1, 0.15) is 5.75 Å². The van der Waals surface area contributed by atoms with Crippen LogP contribution < -0.4 is 15.4 Å². The van der Waals surface area contributed by atoms with E-state index in [-0.39, 0.29) is 0 Å². The van der Waals surface area contributed by atoms with Crippen LogP contribution in [0.2, 0.25) is 0 Å². The van der Waals surface area contributed by atoms with Crippen molar-refractivity contribution in [3.05, 3.63) is 29.8 Å². The number of benzene rings is 1. The molecule has 5 atom stereocenters. The van der Waals surface area contributed by atoms with Crippen LogP contribution in [-0.2, 0) is 10.8 Å². The van der Waals surface area contributed by atoms with Gasteiger partial charge in [0.25, 0.3) is 0 Å². The summed E-state index contributed by atoms with van der Waals surface area (Å²) in [5.41, 5.74) is 1.34. The molecule has 7 heteroatoms. The minimum absolute atomic E-state index is 0.320. The van der Waals surface area contributed by atoms with Gasteiger partial charge in [-0.2, -0.15) is 0 Å². The van der Waals surface area contributed by atoms with Gasteiger partial charge < -0.3 is 15.4 Å². The van der Waals surface area contributed by atoms with E-state index in [1.165, 1.54) is 18.4 Å². The highest BCUT2D eigenvalue weighted by Crippen LogP contribution is 2.35. The summed E-state index contributed by atoms with van der Waals surface area (Å²) in [4.78, 5) is 6.96. The summed E-state index contributed by atoms with van der Waals surface area (Å²) < 4.78 is 17.6. The zero-order chi connectivity index (χ0) is 22.2. The van der Waals surface area contributed by atoms with Crippen molar-refractivity contribution in [1.82, 2.24) is 15.5 Å². The number of piperidine rings is 1. The number of rotatable bonds is 7. The molecule has 1 saturated heterocycles. The molecule has 1 aliphatic heterocycles. The zero-order valence-electron chi connectivity index (χ0n) is 19.6. The predicted molar refractivity (Wildman–Crippen MR) is 130 cm³/mol. The summed E-state index contributed by atoms with van der Waals surface area (Å²) in [5.74, 6) is 3.04. The molecule has 2 N–H and O–H groups in total. The second kappa shape index (κ2) is 11.9. The van der Waals surface area contributed by atoms with Gasteiger partial charge in [0.2, 0.25) is 0 Å². The van der Waals surface area contributed by atoms with Crippen LogP contribution in [0, 0.1) is 5.92 Å². The van der Waals surface area contributed by atoms with E-state index >= 15 is 0 Å². The highest BCUT2D eigenvalue weighted by molar-refractivity contribution is 7.85. The summed E-state index contributed by atoms with van der Waals surface area (Å²) in [6.07, 6.45) is 6.74. The van der Waals surface area contributed by atoms with Crippen molar-refractivity contribution in [1.29, 1.82) is 0 Å². The Hall–Kier alpha value is -1.60. The molecule has 0 radical (unpaired) electrons. The molecule has 2 aliphatic rings. The summed E-state index contributed by atoms with van der Waals surface area (Å²) in [6.45, 7) is 4.03. The second-order valence-electron chi connectivity index (χ2n) is 8.85. The van der Waals surface area contributed by atoms with Crippen molar-refractivity contribution in [2.45, 2.75) is 62.8 Å². The first-order valence-corrected chi connectivity index (χ1v) is 13.1. The first kappa shape index (κ1) is 24.1. The Morgan fingerprint density at radius 2 is 2.00 bits per heavy atom. The highest BCUT2D eigenvalue weighted by Gasteiger charge is 2.31. The molecule has 0 amide bonds. The number of guanidine groups is 1. The Bertz CT molecular complexity index is 740. The SMILES string of the molecule is CCS(=O)C1CCCC(NC(=NC)NCC2CCCN(C)C2c2ccc(OC)cc2)C1. The number of nitrogens with zero attached hydrogens (tertiary/aromatic N) is 2. The van der Waals surface area contributed by atoms with Crippen LogP contribution >= 0.6 is 0 Å². The number of nitrogens with one attached hydrogen (secondary N) is 2. The molecule has 0 aromatic heterocycles. The quantitative estimate of drug-likeness (QED) is 0.495. The molecule has 174 valence electrons. The van der Waals surface area contributed by atoms with Gasteiger partial charge in [0, 0.05) is 47.5 Å². The van der Waals surface area contributed by atoms with E-state index in [2.05, 4.69) is 51.8 Å². The van der Waals surface area contributed by atoms with Crippen LogP contribution in [0.4, 0.5) is 0 Å². The fourth-order valence-electron chi connectivity index (χ4n) is 5.17. The minimum Gasteiger partial charge on any atom is -0.497 e. The van der Waals surface area contributed by atoms with Crippen molar-refractivity contribution in [3.8, 4) is 5.75 Å². The van der Waals surface area contributed by atoms with E-state index in [1.807, 2.05) is 14.0 Å². The first-order valence-electron chi connectivity index (χ1n) is 11.7. The lowest BCUT2D eigenvalue weighted by Gasteiger charge is -2.40. The maximum atomic E-state index is 12.3. The standard InChI is InChI=1S/C24H40N4O2S/c1-5-31(29)22-10-6-9-20(16-22)27-24(25-2)26-17-19-8-7-15-28(3)23(19)18-11-13-21(30-4)14-12-18/h11-14,19-20,22-23H,5-10,15-17H2,1-4H3,(H2,25,26,27). The Morgan fingerprint density at radius 1 is 1.23 bits per heavy atom. The number of hydrogen-bond donors (Lipinski definition) is 2. The lowest BCUT2D eigenvalue weighted by molar-refractivity contribution is 0.122. The molecule has 6 nitrogen and oxygen atoms in total. The smallest absolute Gasteiger partial charge is 0.191 e. The van der Waals surface area contributed by atoms with Gasteiger partial charge in [-0.3, -0.25) is 14.1 Å². The molecule has 0 bridgehead atoms. The number of hydrogen-bond acceptors (Lipinski definition) is 4. The normalized spacial score (nSPS) is 28.7. The second-order valence-corrected chi connectivity index (χ2v) is 10.9. The summed E-state index contributed by atoms with van der Waals surface area (Å²) in [5, 5.41) is 7.53. The number of likely N-dealkylation sites (tertiary alicyclic amines) is 1. The lowest BCUT2D eigenvalue weighted by atomic mass is 9.85. The molecule has 1 aliphatic carbocycles. The van der Waals surface area contributed by atoms with Gasteiger partial charge in [-0.25, -0.2) is 0 Å². The van der Waals surface area contributed by atoms with Gasteiger partial charge in [0.05, 0.1) is 7.11 Å². The maximum Gasteiger partial charge on any atom is 0.191 e. The molecular formula is C24H40N4O2S. The van der Waals surface area contributed by atoms with Crippen LogP contribution in [-0.4, -0.2) is 66.4 Å². The van der Waals surface area contributed by atoms with E-state index in [9.17, 15) is 4.21 Å². The molecule has 0 spiro atoms. The Kier molecular flexibility index (Phi) is 9.20. The topological polar surface area (TPSA) is 66.0 Å². The van der Waals surface area contributed by atoms with Crippen LogP contribution in [0.25, 0.3) is 0 Å². The van der Waals surface area contributed by atoms with E-state index < -0.39 is 10.8 Å². The van der Waals surface area contributed by atoms with Crippen LogP contribution in [0.1, 0.15) is 57.1 Å². The van der Waals surface area contributed by atoms with Crippen LogP contribution in [0.3, 0.4) is 0 Å². The number of aliphatic imine (C=N–C) groups is 1. The molecule has 31 heavy (non-hydrogen) atoms. The summed E-state index contributed by atoms with van der Waals surface area (Å²) in [6, 6.07) is 9.25. The molecular weight excluding hydrogens is 408 g/mol. The van der Waals surface area contributed by atoms with Crippen LogP contribution in [0.5, 0.6) is 5.75 Å². The van der Waals surface area contributed by atoms with E-state index in [0.29, 0.717) is 23.3 Å². The van der Waals surface area contributed by atoms with Gasteiger partial charge >= 0.3 is 0 Å². The number of methoxy groups -OCH3 is 1. The van der Waals surface area contributed by atoms with E-state index in [0.717, 1.165) is 56.2 Å². The third-order valence-electron chi connectivity index (χ3n) is 6.84. The van der Waals surface area contributed by atoms with Crippen molar-refractivity contribution >= 4 is 16.8 Å². The average molecular weight is 449 g/mol. The third kappa shape index (κ3) is 6.45. The van der Waals surface area contributed by atoms with Crippen molar-refractivity contribution in [2.75, 3.05) is 40.0 Å². The maximum absolute atomic E-state index is 12.3. The molecule has 1 saturated carbocycles. The zero-order valence-corrected chi connectivity index (χ0v) is 20.4. The van der Waals surface area contributed by atoms with Crippen molar-refractivity contribution in [2.24, 2.45) is 10.9 Å².